The van der Waals surface area contributed by atoms with E-state index >= 15 is 0 Å². The number of carbonyl (C=O) groups excluding carboxylic acids is 2. The van der Waals surface area contributed by atoms with Crippen LogP contribution in [0, 0.1) is 11.8 Å². The van der Waals surface area contributed by atoms with Crippen LogP contribution in [-0.4, -0.2) is 60.0 Å². The van der Waals surface area contributed by atoms with Crippen LogP contribution in [0.2, 0.25) is 0 Å². The number of phenols is 1. The van der Waals surface area contributed by atoms with Crippen molar-refractivity contribution in [3.05, 3.63) is 124 Å². The molecule has 55 heavy (non-hydrogen) atoms. The van der Waals surface area contributed by atoms with Gasteiger partial charge in [-0.2, -0.15) is 0 Å². The monoisotopic (exact) mass is 751 g/mol. The zero-order valence-electron chi connectivity index (χ0n) is 32.6. The van der Waals surface area contributed by atoms with E-state index < -0.39 is 6.79 Å². The van der Waals surface area contributed by atoms with Gasteiger partial charge in [0.15, 0.2) is 24.1 Å². The number of nitrogens with two attached hydrogens (primary N) is 1. The first-order valence-corrected chi connectivity index (χ1v) is 19.8. The molecule has 1 aliphatic heterocycles. The highest BCUT2D eigenvalue weighted by atomic mass is 16.6. The summed E-state index contributed by atoms with van der Waals surface area (Å²) in [5.74, 6) is 0.510. The van der Waals surface area contributed by atoms with Gasteiger partial charge in [0.05, 0.1) is 12.6 Å². The van der Waals surface area contributed by atoms with Gasteiger partial charge in [-0.15, -0.1) is 0 Å². The Hall–Kier alpha value is -4.54. The van der Waals surface area contributed by atoms with E-state index in [1.54, 1.807) is 18.2 Å². The minimum Gasteiger partial charge on any atom is -0.504 e. The molecule has 0 fully saturated rings. The molecule has 0 radical (unpaired) electrons. The summed E-state index contributed by atoms with van der Waals surface area (Å²) in [5.41, 5.74) is 13.6. The Morgan fingerprint density at radius 1 is 0.927 bits per heavy atom. The molecule has 0 aliphatic carbocycles. The third-order valence-corrected chi connectivity index (χ3v) is 10.2. The predicted octanol–water partition coefficient (Wildman–Crippen LogP) is 6.73. The van der Waals surface area contributed by atoms with Crippen molar-refractivity contribution in [2.75, 3.05) is 27.0 Å². The molecule has 7 N–H and O–H groups in total. The summed E-state index contributed by atoms with van der Waals surface area (Å²) in [6, 6.07) is 22.4. The predicted molar refractivity (Wildman–Crippen MR) is 220 cm³/mol. The number of Topliss-reactive ketones (excluding diaryl/α,β-unsaturated/α-hetero) is 1. The summed E-state index contributed by atoms with van der Waals surface area (Å²) in [6.07, 6.45) is 15.1. The van der Waals surface area contributed by atoms with Gasteiger partial charge in [0.1, 0.15) is 5.78 Å². The molecule has 0 aromatic heterocycles. The van der Waals surface area contributed by atoms with Gasteiger partial charge in [-0.05, 0) is 146 Å². The van der Waals surface area contributed by atoms with Crippen LogP contribution in [0.3, 0.4) is 0 Å². The van der Waals surface area contributed by atoms with Crippen molar-refractivity contribution in [2.45, 2.75) is 90.1 Å². The van der Waals surface area contributed by atoms with Gasteiger partial charge in [-0.3, -0.25) is 9.59 Å². The lowest BCUT2D eigenvalue weighted by molar-refractivity contribution is -0.124. The molecule has 9 heteroatoms. The van der Waals surface area contributed by atoms with Crippen LogP contribution < -0.4 is 21.1 Å². The molecule has 9 nitrogen and oxygen atoms in total. The molecule has 1 heterocycles. The van der Waals surface area contributed by atoms with Crippen molar-refractivity contribution in [3.8, 4) is 11.5 Å². The number of aromatic hydroxyl groups is 1. The van der Waals surface area contributed by atoms with Crippen LogP contribution in [0.4, 0.5) is 0 Å². The van der Waals surface area contributed by atoms with Crippen LogP contribution in [0.5, 0.6) is 11.5 Å². The molecule has 4 rings (SSSR count). The van der Waals surface area contributed by atoms with Gasteiger partial charge in [0.2, 0.25) is 0 Å². The first-order valence-electron chi connectivity index (χ1n) is 19.8. The van der Waals surface area contributed by atoms with Crippen molar-refractivity contribution in [2.24, 2.45) is 17.6 Å². The van der Waals surface area contributed by atoms with Crippen LogP contribution in [0.1, 0.15) is 86.1 Å². The van der Waals surface area contributed by atoms with E-state index in [2.05, 4.69) is 66.1 Å². The lowest BCUT2D eigenvalue weighted by Gasteiger charge is -2.23. The minimum absolute atomic E-state index is 0.0925. The maximum absolute atomic E-state index is 13.0. The largest absolute Gasteiger partial charge is 0.504 e. The molecule has 3 aromatic carbocycles. The number of carbonyl (C=O) groups is 2. The molecule has 0 saturated carbocycles. The topological polar surface area (TPSA) is 154 Å². The molecule has 0 amide bonds. The number of ether oxygens (including phenoxy) is 1. The number of hydrogen-bond acceptors (Lipinski definition) is 9. The standard InChI is InChI=1S/C46H61N3O6/c1-33(30-48-2)23-35(14-8-22-50)13-7-15-42(52)29-43(53)21-20-38-27-45(55-32-51)44(54)26-40(38)25-41-31-49-46(47)28-39(41)19-18-37-12-6-11-36(24-37)17-16-34-9-4-3-5-10-34/h3-6,9-12,20-21,24,26-28,31,33,35,46,48-51,54H,7-8,13-19,22-23,25,29-30,32,47H2,1-2H3/b21-20+/t33-,35+,46?/m1/s1. The van der Waals surface area contributed by atoms with Gasteiger partial charge < -0.3 is 36.4 Å². The molecule has 0 bridgehead atoms. The molecule has 3 aromatic rings. The normalized spacial score (nSPS) is 15.3. The van der Waals surface area contributed by atoms with E-state index in [9.17, 15) is 24.9 Å². The third-order valence-electron chi connectivity index (χ3n) is 10.2. The number of benzene rings is 3. The number of nitrogens with one attached hydrogen (secondary N) is 2. The van der Waals surface area contributed by atoms with Gasteiger partial charge >= 0.3 is 0 Å². The number of hydrogen-bond donors (Lipinski definition) is 6. The fourth-order valence-corrected chi connectivity index (χ4v) is 7.42. The average Bonchev–Trinajstić information content (AvgIpc) is 3.17. The summed E-state index contributed by atoms with van der Waals surface area (Å²) in [5, 5.41) is 35.9. The number of dihydropyridines is 1. The number of ketones is 2. The van der Waals surface area contributed by atoms with E-state index in [1.165, 1.54) is 22.8 Å². The summed E-state index contributed by atoms with van der Waals surface area (Å²) >= 11 is 0. The van der Waals surface area contributed by atoms with Gasteiger partial charge in [0, 0.05) is 19.2 Å². The number of rotatable bonds is 25. The number of phenolic OH excluding ortho intramolecular Hbond substituents is 1. The Bertz CT molecular complexity index is 1750. The zero-order valence-corrected chi connectivity index (χ0v) is 32.6. The van der Waals surface area contributed by atoms with Crippen LogP contribution in [0.15, 0.2) is 96.2 Å². The summed E-state index contributed by atoms with van der Waals surface area (Å²) < 4.78 is 5.25. The molecule has 296 valence electrons. The van der Waals surface area contributed by atoms with Crippen molar-refractivity contribution in [1.29, 1.82) is 0 Å². The lowest BCUT2D eigenvalue weighted by atomic mass is 9.87. The first kappa shape index (κ1) is 43.2. The zero-order chi connectivity index (χ0) is 39.4. The summed E-state index contributed by atoms with van der Waals surface area (Å²) in [7, 11) is 1.94. The Labute approximate surface area is 327 Å². The molecule has 3 atom stereocenters. The fraction of sp³-hybridized carbons (Fsp3) is 0.435. The number of aliphatic hydroxyl groups excluding tert-OH is 2. The second kappa shape index (κ2) is 23.4. The van der Waals surface area contributed by atoms with Crippen LogP contribution in [-0.2, 0) is 35.3 Å². The Balaban J connectivity index is 1.39. The molecule has 0 spiro atoms. The van der Waals surface area contributed by atoms with E-state index in [0.29, 0.717) is 36.7 Å². The fourth-order valence-electron chi connectivity index (χ4n) is 7.42. The van der Waals surface area contributed by atoms with Crippen molar-refractivity contribution >= 4 is 17.6 Å². The molecular weight excluding hydrogens is 691 g/mol. The molecule has 1 unspecified atom stereocenters. The second-order valence-corrected chi connectivity index (χ2v) is 14.9. The molecular formula is C46H61N3O6. The summed E-state index contributed by atoms with van der Waals surface area (Å²) in [4.78, 5) is 25.8. The maximum atomic E-state index is 13.0. The minimum atomic E-state index is -0.619. The highest BCUT2D eigenvalue weighted by Gasteiger charge is 2.18. The summed E-state index contributed by atoms with van der Waals surface area (Å²) in [6.45, 7) is 2.68. The van der Waals surface area contributed by atoms with Crippen molar-refractivity contribution < 1.29 is 29.6 Å². The Morgan fingerprint density at radius 2 is 1.64 bits per heavy atom. The number of allylic oxidation sites excluding steroid dienone is 3. The Kier molecular flexibility index (Phi) is 18.4. The number of aliphatic hydroxyl groups is 2. The van der Waals surface area contributed by atoms with Gasteiger partial charge in [-0.25, -0.2) is 0 Å². The molecule has 1 aliphatic rings. The smallest absolute Gasteiger partial charge is 0.186 e. The van der Waals surface area contributed by atoms with E-state index in [4.69, 9.17) is 10.5 Å². The van der Waals surface area contributed by atoms with Crippen LogP contribution >= 0.6 is 0 Å². The van der Waals surface area contributed by atoms with E-state index in [-0.39, 0.29) is 42.3 Å². The molecule has 0 saturated heterocycles. The lowest BCUT2D eigenvalue weighted by Crippen LogP contribution is -2.35. The highest BCUT2D eigenvalue weighted by molar-refractivity contribution is 6.06. The van der Waals surface area contributed by atoms with Gasteiger partial charge in [-0.1, -0.05) is 74.0 Å². The maximum Gasteiger partial charge on any atom is 0.186 e. The highest BCUT2D eigenvalue weighted by Crippen LogP contribution is 2.34. The SMILES string of the molecule is CNC[C@H](C)C[C@H](CCCO)CCCC(=O)CC(=O)/C=C/c1cc(OCO)c(O)cc1CC1=CNC(N)C=C1CCc1cccc(CCc2ccccc2)c1. The van der Waals surface area contributed by atoms with Gasteiger partial charge in [0.25, 0.3) is 0 Å². The Morgan fingerprint density at radius 3 is 2.36 bits per heavy atom. The van der Waals surface area contributed by atoms with Crippen molar-refractivity contribution in [3.63, 3.8) is 0 Å². The van der Waals surface area contributed by atoms with Crippen molar-refractivity contribution in [1.82, 2.24) is 10.6 Å². The van der Waals surface area contributed by atoms with E-state index in [0.717, 1.165) is 74.6 Å². The first-order chi connectivity index (χ1) is 26.7. The quantitative estimate of drug-likeness (QED) is 0.0315. The average molecular weight is 752 g/mol. The van der Waals surface area contributed by atoms with Crippen LogP contribution in [0.25, 0.3) is 6.08 Å². The second-order valence-electron chi connectivity index (χ2n) is 14.9. The van der Waals surface area contributed by atoms with E-state index in [1.807, 2.05) is 25.4 Å². The number of aryl methyl sites for hydroxylation is 3. The third kappa shape index (κ3) is 15.3.